The van der Waals surface area contributed by atoms with Gasteiger partial charge in [0.25, 0.3) is 11.8 Å². The number of rotatable bonds is 9. The van der Waals surface area contributed by atoms with Gasteiger partial charge in [0, 0.05) is 13.0 Å². The van der Waals surface area contributed by atoms with Crippen molar-refractivity contribution in [2.24, 2.45) is 0 Å². The predicted octanol–water partition coefficient (Wildman–Crippen LogP) is 2.32. The zero-order chi connectivity index (χ0) is 22.4. The van der Waals surface area contributed by atoms with Crippen LogP contribution in [-0.2, 0) is 20.9 Å². The Morgan fingerprint density at radius 3 is 2.16 bits per heavy atom. The fourth-order valence-corrected chi connectivity index (χ4v) is 3.38. The third-order valence-corrected chi connectivity index (χ3v) is 4.99. The standard InChI is InChI=1S/C23H24N2O6/c1-3-31-23(29)19(25-21(27)17-6-4-5-7-18(17)22(25)28)12-13-20(26)24-14-15-8-10-16(30-2)11-9-15/h4-11,19H,3,12-14H2,1-2H3,(H,24,26). The van der Waals surface area contributed by atoms with Gasteiger partial charge in [-0.3, -0.25) is 19.3 Å². The number of carbonyl (C=O) groups excluding carboxylic acids is 4. The van der Waals surface area contributed by atoms with E-state index in [2.05, 4.69) is 5.32 Å². The van der Waals surface area contributed by atoms with Crippen molar-refractivity contribution in [2.75, 3.05) is 13.7 Å². The number of imide groups is 1. The van der Waals surface area contributed by atoms with Crippen LogP contribution in [0.15, 0.2) is 48.5 Å². The number of hydrogen-bond donors (Lipinski definition) is 1. The van der Waals surface area contributed by atoms with Crippen LogP contribution in [0.4, 0.5) is 0 Å². The molecule has 2 aromatic carbocycles. The minimum atomic E-state index is -1.17. The predicted molar refractivity (Wildman–Crippen MR) is 111 cm³/mol. The molecule has 1 aliphatic heterocycles. The van der Waals surface area contributed by atoms with E-state index in [0.29, 0.717) is 12.3 Å². The Hall–Kier alpha value is -3.68. The number of nitrogens with zero attached hydrogens (tertiary/aromatic N) is 1. The van der Waals surface area contributed by atoms with Gasteiger partial charge in [-0.1, -0.05) is 24.3 Å². The number of ether oxygens (including phenoxy) is 2. The van der Waals surface area contributed by atoms with Gasteiger partial charge in [0.1, 0.15) is 11.8 Å². The normalized spacial score (nSPS) is 13.5. The minimum Gasteiger partial charge on any atom is -0.497 e. The summed E-state index contributed by atoms with van der Waals surface area (Å²) in [7, 11) is 1.57. The first-order valence-corrected chi connectivity index (χ1v) is 9.99. The van der Waals surface area contributed by atoms with Crippen LogP contribution in [0.25, 0.3) is 0 Å². The molecule has 0 aromatic heterocycles. The molecule has 1 unspecified atom stereocenters. The number of methoxy groups -OCH3 is 1. The largest absolute Gasteiger partial charge is 0.497 e. The molecular formula is C23H24N2O6. The summed E-state index contributed by atoms with van der Waals surface area (Å²) in [5.74, 6) is -1.41. The first kappa shape index (κ1) is 22.0. The van der Waals surface area contributed by atoms with Gasteiger partial charge in [0.2, 0.25) is 5.91 Å². The number of carbonyl (C=O) groups is 4. The summed E-state index contributed by atoms with van der Waals surface area (Å²) in [6, 6.07) is 12.5. The van der Waals surface area contributed by atoms with Gasteiger partial charge in [0.05, 0.1) is 24.8 Å². The van der Waals surface area contributed by atoms with E-state index in [1.165, 1.54) is 0 Å². The third kappa shape index (κ3) is 4.91. The molecule has 1 atom stereocenters. The van der Waals surface area contributed by atoms with Crippen molar-refractivity contribution in [2.45, 2.75) is 32.4 Å². The van der Waals surface area contributed by atoms with Gasteiger partial charge in [-0.05, 0) is 43.2 Å². The molecule has 0 fully saturated rings. The maximum absolute atomic E-state index is 12.8. The summed E-state index contributed by atoms with van der Waals surface area (Å²) in [5, 5.41) is 2.77. The first-order chi connectivity index (χ1) is 15.0. The van der Waals surface area contributed by atoms with Crippen molar-refractivity contribution in [1.29, 1.82) is 0 Å². The van der Waals surface area contributed by atoms with E-state index in [-0.39, 0.29) is 36.5 Å². The van der Waals surface area contributed by atoms with Crippen molar-refractivity contribution in [3.8, 4) is 5.75 Å². The highest BCUT2D eigenvalue weighted by Crippen LogP contribution is 2.26. The lowest BCUT2D eigenvalue weighted by molar-refractivity contribution is -0.148. The fraction of sp³-hybridized carbons (Fsp3) is 0.304. The number of hydrogen-bond acceptors (Lipinski definition) is 6. The Morgan fingerprint density at radius 1 is 1.00 bits per heavy atom. The maximum Gasteiger partial charge on any atom is 0.329 e. The van der Waals surface area contributed by atoms with Gasteiger partial charge in [-0.25, -0.2) is 4.79 Å². The van der Waals surface area contributed by atoms with Crippen LogP contribution in [0.1, 0.15) is 46.0 Å². The number of fused-ring (bicyclic) bond motifs is 1. The molecule has 3 amide bonds. The molecule has 8 nitrogen and oxygen atoms in total. The van der Waals surface area contributed by atoms with Crippen molar-refractivity contribution in [3.05, 3.63) is 65.2 Å². The van der Waals surface area contributed by atoms with E-state index >= 15 is 0 Å². The molecule has 31 heavy (non-hydrogen) atoms. The first-order valence-electron chi connectivity index (χ1n) is 9.99. The van der Waals surface area contributed by atoms with Gasteiger partial charge in [-0.2, -0.15) is 0 Å². The van der Waals surface area contributed by atoms with Gasteiger partial charge >= 0.3 is 5.97 Å². The second-order valence-corrected chi connectivity index (χ2v) is 6.96. The second kappa shape index (κ2) is 9.88. The molecule has 1 aliphatic rings. The number of esters is 1. The molecule has 8 heteroatoms. The summed E-state index contributed by atoms with van der Waals surface area (Å²) in [5.41, 5.74) is 1.37. The van der Waals surface area contributed by atoms with Crippen LogP contribution in [0.3, 0.4) is 0 Å². The average molecular weight is 424 g/mol. The molecule has 0 bridgehead atoms. The van der Waals surface area contributed by atoms with Gasteiger partial charge in [0.15, 0.2) is 0 Å². The highest BCUT2D eigenvalue weighted by Gasteiger charge is 2.43. The number of nitrogens with one attached hydrogen (secondary N) is 1. The van der Waals surface area contributed by atoms with Crippen molar-refractivity contribution < 1.29 is 28.7 Å². The van der Waals surface area contributed by atoms with E-state index in [9.17, 15) is 19.2 Å². The Morgan fingerprint density at radius 2 is 1.61 bits per heavy atom. The van der Waals surface area contributed by atoms with Crippen LogP contribution < -0.4 is 10.1 Å². The Balaban J connectivity index is 1.65. The summed E-state index contributed by atoms with van der Waals surface area (Å²) in [6.07, 6.45) is -0.0776. The smallest absolute Gasteiger partial charge is 0.329 e. The summed E-state index contributed by atoms with van der Waals surface area (Å²) in [6.45, 7) is 2.04. The number of amides is 3. The van der Waals surface area contributed by atoms with Crippen LogP contribution in [-0.4, -0.2) is 48.3 Å². The topological polar surface area (TPSA) is 102 Å². The zero-order valence-corrected chi connectivity index (χ0v) is 17.4. The molecule has 0 saturated heterocycles. The third-order valence-electron chi connectivity index (χ3n) is 4.99. The SMILES string of the molecule is CCOC(=O)C(CCC(=O)NCc1ccc(OC)cc1)N1C(=O)c2ccccc2C1=O. The molecular weight excluding hydrogens is 400 g/mol. The van der Waals surface area contributed by atoms with Gasteiger partial charge in [-0.15, -0.1) is 0 Å². The molecule has 0 aliphatic carbocycles. The molecule has 0 saturated carbocycles. The monoisotopic (exact) mass is 424 g/mol. The molecule has 162 valence electrons. The van der Waals surface area contributed by atoms with E-state index < -0.39 is 23.8 Å². The van der Waals surface area contributed by atoms with E-state index in [1.54, 1.807) is 50.4 Å². The van der Waals surface area contributed by atoms with Crippen LogP contribution >= 0.6 is 0 Å². The second-order valence-electron chi connectivity index (χ2n) is 6.96. The van der Waals surface area contributed by atoms with Crippen LogP contribution in [0.5, 0.6) is 5.75 Å². The lowest BCUT2D eigenvalue weighted by Crippen LogP contribution is -2.46. The van der Waals surface area contributed by atoms with E-state index in [4.69, 9.17) is 9.47 Å². The molecule has 2 aromatic rings. The van der Waals surface area contributed by atoms with E-state index in [0.717, 1.165) is 10.5 Å². The Bertz CT molecular complexity index is 951. The van der Waals surface area contributed by atoms with Crippen molar-refractivity contribution in [1.82, 2.24) is 10.2 Å². The zero-order valence-electron chi connectivity index (χ0n) is 17.4. The molecule has 1 heterocycles. The molecule has 0 radical (unpaired) electrons. The highest BCUT2D eigenvalue weighted by molar-refractivity contribution is 6.22. The maximum atomic E-state index is 12.8. The molecule has 3 rings (SSSR count). The summed E-state index contributed by atoms with van der Waals surface area (Å²) < 4.78 is 10.2. The lowest BCUT2D eigenvalue weighted by atomic mass is 10.1. The molecule has 0 spiro atoms. The van der Waals surface area contributed by atoms with E-state index in [1.807, 2.05) is 12.1 Å². The van der Waals surface area contributed by atoms with Crippen molar-refractivity contribution in [3.63, 3.8) is 0 Å². The van der Waals surface area contributed by atoms with Crippen LogP contribution in [0, 0.1) is 0 Å². The van der Waals surface area contributed by atoms with Crippen molar-refractivity contribution >= 4 is 23.7 Å². The Labute approximate surface area is 180 Å². The quantitative estimate of drug-likeness (QED) is 0.490. The number of benzene rings is 2. The average Bonchev–Trinajstić information content (AvgIpc) is 3.04. The summed E-state index contributed by atoms with van der Waals surface area (Å²) >= 11 is 0. The van der Waals surface area contributed by atoms with Gasteiger partial charge < -0.3 is 14.8 Å². The fourth-order valence-electron chi connectivity index (χ4n) is 3.38. The van der Waals surface area contributed by atoms with Crippen LogP contribution in [0.2, 0.25) is 0 Å². The summed E-state index contributed by atoms with van der Waals surface area (Å²) in [4.78, 5) is 51.3. The Kier molecular flexibility index (Phi) is 7.02. The lowest BCUT2D eigenvalue weighted by Gasteiger charge is -2.24. The molecule has 1 N–H and O–H groups in total. The minimum absolute atomic E-state index is 0.0290. The highest BCUT2D eigenvalue weighted by atomic mass is 16.5.